The van der Waals surface area contributed by atoms with Crippen LogP contribution >= 0.6 is 0 Å². The molecule has 5 rings (SSSR count). The van der Waals surface area contributed by atoms with E-state index in [1.165, 1.54) is 18.9 Å². The Bertz CT molecular complexity index is 821. The van der Waals surface area contributed by atoms with Crippen molar-refractivity contribution in [3.05, 3.63) is 47.0 Å². The van der Waals surface area contributed by atoms with Gasteiger partial charge in [0.2, 0.25) is 0 Å². The number of nitrogens with zero attached hydrogens (tertiary/aromatic N) is 4. The summed E-state index contributed by atoms with van der Waals surface area (Å²) >= 11 is 0. The van der Waals surface area contributed by atoms with Crippen LogP contribution in [0.3, 0.4) is 0 Å². The SMILES string of the molecule is COCCN1C[C@H]2CC[C@@H]1CN(Cc1cc(F)ccc1-n1nc(C)cc1C)C2. The first-order valence-corrected chi connectivity index (χ1v) is 10.3. The molecular weight excluding hydrogens is 355 g/mol. The van der Waals surface area contributed by atoms with Gasteiger partial charge in [0.25, 0.3) is 0 Å². The first-order chi connectivity index (χ1) is 13.5. The summed E-state index contributed by atoms with van der Waals surface area (Å²) in [5.74, 6) is 0.501. The zero-order valence-corrected chi connectivity index (χ0v) is 17.2. The van der Waals surface area contributed by atoms with Gasteiger partial charge in [-0.1, -0.05) is 0 Å². The number of methoxy groups -OCH3 is 1. The number of piperidine rings is 1. The lowest BCUT2D eigenvalue weighted by atomic mass is 9.95. The van der Waals surface area contributed by atoms with E-state index in [4.69, 9.17) is 4.74 Å². The standard InChI is InChI=1S/C22H31FN4O/c1-16-10-17(2)27(24-16)22-7-5-20(23)11-19(22)14-25-12-18-4-6-21(15-25)26(13-18)8-9-28-3/h5,7,10-11,18,21H,4,6,8-9,12-15H2,1-3H3/t18-,21+/m0/s1. The fourth-order valence-corrected chi connectivity index (χ4v) is 4.89. The Hall–Kier alpha value is -1.76. The largest absolute Gasteiger partial charge is 0.383 e. The lowest BCUT2D eigenvalue weighted by Crippen LogP contribution is -2.45. The van der Waals surface area contributed by atoms with Crippen molar-refractivity contribution in [1.29, 1.82) is 0 Å². The molecule has 0 amide bonds. The normalized spacial score (nSPS) is 23.3. The molecule has 3 aliphatic heterocycles. The highest BCUT2D eigenvalue weighted by Gasteiger charge is 2.34. The van der Waals surface area contributed by atoms with Crippen molar-refractivity contribution < 1.29 is 9.13 Å². The number of aryl methyl sites for hydroxylation is 2. The van der Waals surface area contributed by atoms with Gasteiger partial charge in [-0.2, -0.15) is 5.10 Å². The zero-order valence-electron chi connectivity index (χ0n) is 17.2. The maximum absolute atomic E-state index is 14.1. The van der Waals surface area contributed by atoms with Crippen LogP contribution in [0, 0.1) is 25.6 Å². The number of ether oxygens (including phenoxy) is 1. The number of aromatic nitrogens is 2. The number of benzene rings is 1. The summed E-state index contributed by atoms with van der Waals surface area (Å²) in [4.78, 5) is 5.10. The lowest BCUT2D eigenvalue weighted by molar-refractivity contribution is 0.0867. The Balaban J connectivity index is 1.56. The third-order valence-corrected chi connectivity index (χ3v) is 6.16. The van der Waals surface area contributed by atoms with Crippen LogP contribution in [0.15, 0.2) is 24.3 Å². The molecule has 4 heterocycles. The van der Waals surface area contributed by atoms with Crippen molar-refractivity contribution in [2.75, 3.05) is 39.9 Å². The van der Waals surface area contributed by atoms with Crippen LogP contribution in [-0.2, 0) is 11.3 Å². The highest BCUT2D eigenvalue weighted by molar-refractivity contribution is 5.42. The minimum Gasteiger partial charge on any atom is -0.383 e. The number of halogens is 1. The Morgan fingerprint density at radius 3 is 2.75 bits per heavy atom. The van der Waals surface area contributed by atoms with Crippen molar-refractivity contribution >= 4 is 0 Å². The number of fused-ring (bicyclic) bond motifs is 4. The smallest absolute Gasteiger partial charge is 0.123 e. The van der Waals surface area contributed by atoms with Crippen molar-refractivity contribution in [2.45, 2.75) is 39.3 Å². The minimum absolute atomic E-state index is 0.181. The molecule has 3 saturated heterocycles. The Kier molecular flexibility index (Phi) is 5.80. The fourth-order valence-electron chi connectivity index (χ4n) is 4.89. The predicted octanol–water partition coefficient (Wildman–Crippen LogP) is 3.17. The number of hydrogen-bond donors (Lipinski definition) is 0. The summed E-state index contributed by atoms with van der Waals surface area (Å²) in [5, 5.41) is 4.62. The predicted molar refractivity (Wildman–Crippen MR) is 108 cm³/mol. The van der Waals surface area contributed by atoms with Crippen molar-refractivity contribution in [2.24, 2.45) is 5.92 Å². The van der Waals surface area contributed by atoms with Crippen LogP contribution in [0.1, 0.15) is 29.8 Å². The van der Waals surface area contributed by atoms with Crippen LogP contribution in [0.5, 0.6) is 0 Å². The van der Waals surface area contributed by atoms with Gasteiger partial charge in [-0.05, 0) is 62.4 Å². The Morgan fingerprint density at radius 2 is 2.00 bits per heavy atom. The first kappa shape index (κ1) is 19.6. The van der Waals surface area contributed by atoms with Crippen LogP contribution < -0.4 is 0 Å². The van der Waals surface area contributed by atoms with Gasteiger partial charge in [-0.25, -0.2) is 9.07 Å². The molecule has 152 valence electrons. The van der Waals surface area contributed by atoms with Crippen molar-refractivity contribution in [3.8, 4) is 5.69 Å². The summed E-state index contributed by atoms with van der Waals surface area (Å²) < 4.78 is 21.3. The highest BCUT2D eigenvalue weighted by atomic mass is 19.1. The molecule has 3 fully saturated rings. The van der Waals surface area contributed by atoms with Gasteiger partial charge in [0.05, 0.1) is 18.0 Å². The van der Waals surface area contributed by atoms with Gasteiger partial charge in [0.15, 0.2) is 0 Å². The average Bonchev–Trinajstić information content (AvgIpc) is 2.82. The molecule has 0 unspecified atom stereocenters. The number of rotatable bonds is 6. The quantitative estimate of drug-likeness (QED) is 0.764. The Labute approximate surface area is 167 Å². The maximum atomic E-state index is 14.1. The van der Waals surface area contributed by atoms with E-state index in [2.05, 4.69) is 21.0 Å². The van der Waals surface area contributed by atoms with Gasteiger partial charge in [0.1, 0.15) is 5.82 Å². The van der Waals surface area contributed by atoms with Crippen molar-refractivity contribution in [1.82, 2.24) is 19.6 Å². The van der Waals surface area contributed by atoms with E-state index in [9.17, 15) is 4.39 Å². The van der Waals surface area contributed by atoms with Gasteiger partial charge < -0.3 is 4.74 Å². The molecule has 2 atom stereocenters. The molecule has 0 spiro atoms. The second-order valence-electron chi connectivity index (χ2n) is 8.39. The van der Waals surface area contributed by atoms with Gasteiger partial charge in [0, 0.05) is 51.6 Å². The minimum atomic E-state index is -0.181. The molecule has 6 heteroatoms. The topological polar surface area (TPSA) is 33.5 Å². The van der Waals surface area contributed by atoms with E-state index in [0.717, 1.165) is 62.0 Å². The molecule has 0 saturated carbocycles. The monoisotopic (exact) mass is 386 g/mol. The summed E-state index contributed by atoms with van der Waals surface area (Å²) in [7, 11) is 1.77. The van der Waals surface area contributed by atoms with Crippen molar-refractivity contribution in [3.63, 3.8) is 0 Å². The molecule has 1 aromatic carbocycles. The summed E-state index contributed by atoms with van der Waals surface area (Å²) in [5.41, 5.74) is 4.05. The van der Waals surface area contributed by atoms with E-state index in [1.54, 1.807) is 13.2 Å². The summed E-state index contributed by atoms with van der Waals surface area (Å²) in [6, 6.07) is 7.71. The summed E-state index contributed by atoms with van der Waals surface area (Å²) in [6.45, 7) is 9.85. The zero-order chi connectivity index (χ0) is 19.7. The van der Waals surface area contributed by atoms with E-state index < -0.39 is 0 Å². The highest BCUT2D eigenvalue weighted by Crippen LogP contribution is 2.29. The average molecular weight is 387 g/mol. The third kappa shape index (κ3) is 4.14. The van der Waals surface area contributed by atoms with E-state index in [0.29, 0.717) is 12.0 Å². The third-order valence-electron chi connectivity index (χ3n) is 6.16. The van der Waals surface area contributed by atoms with E-state index in [1.807, 2.05) is 24.6 Å². The molecule has 1 aromatic heterocycles. The van der Waals surface area contributed by atoms with Crippen LogP contribution in [0.4, 0.5) is 4.39 Å². The molecule has 2 aromatic rings. The molecule has 2 bridgehead atoms. The first-order valence-electron chi connectivity index (χ1n) is 10.3. The van der Waals surface area contributed by atoms with E-state index >= 15 is 0 Å². The van der Waals surface area contributed by atoms with Gasteiger partial charge in [-0.3, -0.25) is 9.80 Å². The second kappa shape index (κ2) is 8.31. The molecule has 3 aliphatic rings. The van der Waals surface area contributed by atoms with Crippen LogP contribution in [0.25, 0.3) is 5.69 Å². The van der Waals surface area contributed by atoms with Crippen LogP contribution in [0.2, 0.25) is 0 Å². The maximum Gasteiger partial charge on any atom is 0.123 e. The van der Waals surface area contributed by atoms with E-state index in [-0.39, 0.29) is 5.82 Å². The second-order valence-corrected chi connectivity index (χ2v) is 8.39. The molecule has 0 aliphatic carbocycles. The van der Waals surface area contributed by atoms with Gasteiger partial charge in [-0.15, -0.1) is 0 Å². The molecular formula is C22H31FN4O. The molecule has 5 nitrogen and oxygen atoms in total. The van der Waals surface area contributed by atoms with Gasteiger partial charge >= 0.3 is 0 Å². The molecule has 28 heavy (non-hydrogen) atoms. The Morgan fingerprint density at radius 1 is 1.14 bits per heavy atom. The fraction of sp³-hybridized carbons (Fsp3) is 0.591. The molecule has 0 N–H and O–H groups in total. The molecule has 0 radical (unpaired) electrons. The summed E-state index contributed by atoms with van der Waals surface area (Å²) in [6.07, 6.45) is 2.54. The van der Waals surface area contributed by atoms with Crippen LogP contribution in [-0.4, -0.2) is 65.5 Å². The number of hydrogen-bond acceptors (Lipinski definition) is 4. The lowest BCUT2D eigenvalue weighted by Gasteiger charge is -2.35.